The third kappa shape index (κ3) is 2.70. The molecule has 1 unspecified atom stereocenters. The van der Waals surface area contributed by atoms with E-state index in [1.807, 2.05) is 19.1 Å². The summed E-state index contributed by atoms with van der Waals surface area (Å²) >= 11 is 0. The molecule has 1 aromatic heterocycles. The van der Waals surface area contributed by atoms with E-state index >= 15 is 0 Å². The maximum Gasteiger partial charge on any atom is 0.193 e. The summed E-state index contributed by atoms with van der Waals surface area (Å²) in [5.41, 5.74) is -0.602. The van der Waals surface area contributed by atoms with Gasteiger partial charge in [0.2, 0.25) is 0 Å². The Balaban J connectivity index is 1.41. The molecule has 180 valence electrons. The van der Waals surface area contributed by atoms with Crippen molar-refractivity contribution in [3.8, 4) is 0 Å². The van der Waals surface area contributed by atoms with Gasteiger partial charge in [-0.1, -0.05) is 37.6 Å². The van der Waals surface area contributed by atoms with Crippen molar-refractivity contribution >= 4 is 11.6 Å². The first-order valence-corrected chi connectivity index (χ1v) is 12.2. The lowest BCUT2D eigenvalue weighted by molar-refractivity contribution is -0.199. The molecule has 7 heteroatoms. The number of Topliss-reactive ketones (excluding diaryl/α,β-unsaturated/α-hetero) is 1. The molecule has 0 radical (unpaired) electrons. The van der Waals surface area contributed by atoms with E-state index in [0.717, 1.165) is 17.6 Å². The van der Waals surface area contributed by atoms with Crippen molar-refractivity contribution in [3.63, 3.8) is 0 Å². The number of ether oxygens (including phenoxy) is 2. The fraction of sp³-hybridized carbons (Fsp3) is 0.593. The molecule has 0 amide bonds. The Morgan fingerprint density at radius 1 is 1.32 bits per heavy atom. The lowest BCUT2D eigenvalue weighted by Crippen LogP contribution is -2.63. The predicted octanol–water partition coefficient (Wildman–Crippen LogP) is 2.68. The monoisotopic (exact) mass is 465 g/mol. The number of aliphatic hydroxyl groups excluding tert-OH is 2. The van der Waals surface area contributed by atoms with Crippen LogP contribution in [0.1, 0.15) is 51.4 Å². The number of aliphatic hydroxyl groups is 2. The summed E-state index contributed by atoms with van der Waals surface area (Å²) < 4.78 is 12.9. The molecule has 4 aliphatic carbocycles. The average molecular weight is 466 g/mol. The van der Waals surface area contributed by atoms with Gasteiger partial charge in [0.05, 0.1) is 12.2 Å². The molecule has 1 saturated heterocycles. The topological polar surface area (TPSA) is 106 Å². The van der Waals surface area contributed by atoms with Crippen molar-refractivity contribution in [2.24, 2.45) is 28.6 Å². The Labute approximate surface area is 198 Å². The average Bonchev–Trinajstić information content (AvgIpc) is 3.32. The third-order valence-electron chi connectivity index (χ3n) is 9.71. The van der Waals surface area contributed by atoms with Gasteiger partial charge in [-0.15, -0.1) is 0 Å². The molecule has 2 heterocycles. The summed E-state index contributed by atoms with van der Waals surface area (Å²) in [4.78, 5) is 29.7. The van der Waals surface area contributed by atoms with Gasteiger partial charge in [-0.3, -0.25) is 14.6 Å². The summed E-state index contributed by atoms with van der Waals surface area (Å²) in [6, 6.07) is 3.65. The second-order valence-electron chi connectivity index (χ2n) is 11.1. The molecule has 1 aliphatic heterocycles. The van der Waals surface area contributed by atoms with Crippen LogP contribution in [0.4, 0.5) is 0 Å². The van der Waals surface area contributed by atoms with E-state index in [2.05, 4.69) is 18.0 Å². The van der Waals surface area contributed by atoms with Gasteiger partial charge in [0, 0.05) is 41.1 Å². The fourth-order valence-corrected chi connectivity index (χ4v) is 8.26. The Morgan fingerprint density at radius 2 is 2.15 bits per heavy atom. The lowest BCUT2D eigenvalue weighted by Gasteiger charge is -2.59. The zero-order valence-corrected chi connectivity index (χ0v) is 19.5. The van der Waals surface area contributed by atoms with Gasteiger partial charge in [0.25, 0.3) is 0 Å². The van der Waals surface area contributed by atoms with Gasteiger partial charge >= 0.3 is 0 Å². The van der Waals surface area contributed by atoms with E-state index < -0.39 is 36.1 Å². The molecule has 2 N–H and O–H groups in total. The number of carbonyl (C=O) groups excluding carboxylic acids is 2. The number of rotatable bonds is 3. The van der Waals surface area contributed by atoms with Crippen LogP contribution in [0.3, 0.4) is 0 Å². The maximum absolute atomic E-state index is 13.4. The Kier molecular flexibility index (Phi) is 4.85. The number of nitrogens with zero attached hydrogens (tertiary/aromatic N) is 1. The lowest BCUT2D eigenvalue weighted by atomic mass is 9.47. The van der Waals surface area contributed by atoms with Crippen molar-refractivity contribution in [1.82, 2.24) is 4.98 Å². The molecular formula is C27H31NO6. The highest BCUT2D eigenvalue weighted by molar-refractivity contribution is 5.93. The number of fused-ring (bicyclic) bond motifs is 7. The Bertz CT molecular complexity index is 1100. The van der Waals surface area contributed by atoms with Crippen molar-refractivity contribution in [2.45, 2.75) is 63.6 Å². The van der Waals surface area contributed by atoms with Gasteiger partial charge < -0.3 is 19.7 Å². The summed E-state index contributed by atoms with van der Waals surface area (Å²) in [6.45, 7) is 3.51. The first-order chi connectivity index (χ1) is 16.2. The van der Waals surface area contributed by atoms with Crippen LogP contribution in [-0.4, -0.2) is 51.2 Å². The largest absolute Gasteiger partial charge is 0.393 e. The SMILES string of the molecule is C[C@]12C=CC(=O)CC1=CC[C@@H]1[C@@H]2[C@@H](O)C[C@@]2(C)[C@H]1C[C@H]1OC(c3cccnc3)O[C@]12C(=O)CO. The van der Waals surface area contributed by atoms with Gasteiger partial charge in [-0.25, -0.2) is 0 Å². The van der Waals surface area contributed by atoms with Crippen LogP contribution in [0.25, 0.3) is 0 Å². The molecule has 0 spiro atoms. The number of aromatic nitrogens is 1. The molecular weight excluding hydrogens is 434 g/mol. The summed E-state index contributed by atoms with van der Waals surface area (Å²) in [5.74, 6) is -0.163. The summed E-state index contributed by atoms with van der Waals surface area (Å²) in [6.07, 6.45) is 9.34. The summed E-state index contributed by atoms with van der Waals surface area (Å²) in [7, 11) is 0. The molecule has 5 aliphatic rings. The molecule has 2 saturated carbocycles. The van der Waals surface area contributed by atoms with Crippen LogP contribution in [-0.2, 0) is 19.1 Å². The first kappa shape index (κ1) is 22.3. The van der Waals surface area contributed by atoms with Gasteiger partial charge in [-0.05, 0) is 43.2 Å². The second kappa shape index (κ2) is 7.40. The minimum atomic E-state index is -1.33. The number of pyridine rings is 1. The van der Waals surface area contributed by atoms with E-state index in [4.69, 9.17) is 9.47 Å². The van der Waals surface area contributed by atoms with Crippen LogP contribution in [0.2, 0.25) is 0 Å². The van der Waals surface area contributed by atoms with Crippen LogP contribution in [0.5, 0.6) is 0 Å². The second-order valence-corrected chi connectivity index (χ2v) is 11.1. The van der Waals surface area contributed by atoms with Crippen LogP contribution >= 0.6 is 0 Å². The van der Waals surface area contributed by atoms with Crippen molar-refractivity contribution in [1.29, 1.82) is 0 Å². The number of hydrogen-bond acceptors (Lipinski definition) is 7. The van der Waals surface area contributed by atoms with E-state index in [1.54, 1.807) is 24.5 Å². The highest BCUT2D eigenvalue weighted by Gasteiger charge is 2.75. The van der Waals surface area contributed by atoms with Gasteiger partial charge in [-0.2, -0.15) is 0 Å². The van der Waals surface area contributed by atoms with E-state index in [1.165, 1.54) is 0 Å². The maximum atomic E-state index is 13.4. The molecule has 9 atom stereocenters. The van der Waals surface area contributed by atoms with Crippen molar-refractivity contribution < 1.29 is 29.3 Å². The van der Waals surface area contributed by atoms with Gasteiger partial charge in [0.1, 0.15) is 6.61 Å². The molecule has 6 rings (SSSR count). The van der Waals surface area contributed by atoms with Gasteiger partial charge in [0.15, 0.2) is 23.5 Å². The Hall–Kier alpha value is -2.19. The number of allylic oxidation sites excluding steroid dienone is 4. The van der Waals surface area contributed by atoms with Crippen LogP contribution in [0, 0.1) is 28.6 Å². The minimum absolute atomic E-state index is 0.0517. The fourth-order valence-electron chi connectivity index (χ4n) is 8.26. The standard InChI is InChI=1S/C27H31NO6/c1-25-8-7-17(30)10-16(25)5-6-18-19-11-22-27(21(32)14-29,26(19,2)12-20(31)23(18)25)34-24(33-22)15-4-3-9-28-13-15/h3-5,7-9,13,18-20,22-24,29,31H,6,10-12,14H2,1-2H3/t18-,19-,20-,22+,23+,24?,25-,26-,27+/m0/s1. The first-order valence-electron chi connectivity index (χ1n) is 12.2. The van der Waals surface area contributed by atoms with Crippen molar-refractivity contribution in [3.05, 3.63) is 53.9 Å². The summed E-state index contributed by atoms with van der Waals surface area (Å²) in [5, 5.41) is 21.6. The van der Waals surface area contributed by atoms with Crippen molar-refractivity contribution in [2.75, 3.05) is 6.61 Å². The third-order valence-corrected chi connectivity index (χ3v) is 9.71. The smallest absolute Gasteiger partial charge is 0.193 e. The Morgan fingerprint density at radius 3 is 2.88 bits per heavy atom. The highest BCUT2D eigenvalue weighted by Crippen LogP contribution is 2.70. The molecule has 0 aromatic carbocycles. The van der Waals surface area contributed by atoms with E-state index in [0.29, 0.717) is 19.3 Å². The minimum Gasteiger partial charge on any atom is -0.393 e. The number of carbonyl (C=O) groups is 2. The van der Waals surface area contributed by atoms with E-state index in [-0.39, 0.29) is 34.7 Å². The zero-order valence-electron chi connectivity index (χ0n) is 19.5. The zero-order chi connectivity index (χ0) is 23.9. The van der Waals surface area contributed by atoms with Crippen LogP contribution in [0.15, 0.2) is 48.3 Å². The number of hydrogen-bond donors (Lipinski definition) is 2. The van der Waals surface area contributed by atoms with Crippen LogP contribution < -0.4 is 0 Å². The molecule has 1 aromatic rings. The normalized spacial score (nSPS) is 46.8. The van der Waals surface area contributed by atoms with E-state index in [9.17, 15) is 19.8 Å². The molecule has 0 bridgehead atoms. The number of ketones is 2. The quantitative estimate of drug-likeness (QED) is 0.661. The molecule has 3 fully saturated rings. The highest BCUT2D eigenvalue weighted by atomic mass is 16.7. The molecule has 34 heavy (non-hydrogen) atoms. The molecule has 7 nitrogen and oxygen atoms in total. The predicted molar refractivity (Wildman–Crippen MR) is 121 cm³/mol.